The van der Waals surface area contributed by atoms with E-state index < -0.39 is 41.7 Å². The number of benzene rings is 2. The predicted octanol–water partition coefficient (Wildman–Crippen LogP) is 3.09. The zero-order valence-electron chi connectivity index (χ0n) is 16.8. The third kappa shape index (κ3) is 4.22. The van der Waals surface area contributed by atoms with E-state index in [9.17, 15) is 23.6 Å². The lowest BCUT2D eigenvalue weighted by molar-refractivity contribution is -0.125. The number of anilines is 1. The van der Waals surface area contributed by atoms with Gasteiger partial charge in [0, 0.05) is 5.54 Å². The Balaban J connectivity index is 1.74. The van der Waals surface area contributed by atoms with Gasteiger partial charge in [0.15, 0.2) is 6.61 Å². The summed E-state index contributed by atoms with van der Waals surface area (Å²) in [5, 5.41) is 2.75. The zero-order valence-corrected chi connectivity index (χ0v) is 16.8. The lowest BCUT2D eigenvalue weighted by Crippen LogP contribution is -2.44. The highest BCUT2D eigenvalue weighted by atomic mass is 19.1. The van der Waals surface area contributed by atoms with Crippen molar-refractivity contribution in [3.8, 4) is 0 Å². The van der Waals surface area contributed by atoms with Crippen LogP contribution >= 0.6 is 0 Å². The molecule has 3 amide bonds. The van der Waals surface area contributed by atoms with E-state index in [1.165, 1.54) is 30.3 Å². The molecule has 0 aliphatic carbocycles. The Morgan fingerprint density at radius 2 is 1.67 bits per heavy atom. The lowest BCUT2D eigenvalue weighted by Gasteiger charge is -2.24. The summed E-state index contributed by atoms with van der Waals surface area (Å²) < 4.78 is 18.2. The molecule has 0 radical (unpaired) electrons. The third-order valence-electron chi connectivity index (χ3n) is 4.90. The van der Waals surface area contributed by atoms with Crippen molar-refractivity contribution < 1.29 is 28.3 Å². The minimum absolute atomic E-state index is 0.0374. The molecule has 7 nitrogen and oxygen atoms in total. The Morgan fingerprint density at radius 3 is 2.30 bits per heavy atom. The number of hydrogen-bond acceptors (Lipinski definition) is 5. The van der Waals surface area contributed by atoms with Gasteiger partial charge in [0.05, 0.1) is 22.4 Å². The van der Waals surface area contributed by atoms with Gasteiger partial charge in [-0.25, -0.2) is 14.1 Å². The molecule has 0 fully saturated rings. The maximum absolute atomic E-state index is 13.1. The zero-order chi connectivity index (χ0) is 22.1. The first-order chi connectivity index (χ1) is 14.1. The van der Waals surface area contributed by atoms with Gasteiger partial charge in [-0.15, -0.1) is 0 Å². The summed E-state index contributed by atoms with van der Waals surface area (Å²) in [6, 6.07) is 8.91. The number of amides is 3. The molecule has 2 aromatic rings. The fourth-order valence-corrected chi connectivity index (χ4v) is 2.91. The number of carbonyl (C=O) groups excluding carboxylic acids is 4. The molecule has 3 rings (SSSR count). The second kappa shape index (κ2) is 8.06. The van der Waals surface area contributed by atoms with Crippen LogP contribution < -0.4 is 10.2 Å². The number of halogens is 1. The minimum Gasteiger partial charge on any atom is -0.452 e. The number of carbonyl (C=O) groups is 4. The molecule has 8 heteroatoms. The van der Waals surface area contributed by atoms with Crippen molar-refractivity contribution in [1.82, 2.24) is 5.32 Å². The Kier molecular flexibility index (Phi) is 5.69. The molecule has 30 heavy (non-hydrogen) atoms. The average Bonchev–Trinajstić information content (AvgIpc) is 2.96. The smallest absolute Gasteiger partial charge is 0.338 e. The van der Waals surface area contributed by atoms with Crippen molar-refractivity contribution in [3.63, 3.8) is 0 Å². The fourth-order valence-electron chi connectivity index (χ4n) is 2.91. The molecule has 0 saturated carbocycles. The van der Waals surface area contributed by atoms with Crippen molar-refractivity contribution >= 4 is 29.4 Å². The topological polar surface area (TPSA) is 92.8 Å². The molecule has 1 N–H and O–H groups in total. The van der Waals surface area contributed by atoms with Crippen LogP contribution in [0.1, 0.15) is 58.3 Å². The first-order valence-corrected chi connectivity index (χ1v) is 9.39. The predicted molar refractivity (Wildman–Crippen MR) is 107 cm³/mol. The van der Waals surface area contributed by atoms with Crippen LogP contribution in [0.2, 0.25) is 0 Å². The molecule has 1 heterocycles. The van der Waals surface area contributed by atoms with Gasteiger partial charge in [0.1, 0.15) is 5.82 Å². The van der Waals surface area contributed by atoms with Crippen LogP contribution in [0, 0.1) is 5.82 Å². The molecule has 0 aromatic heterocycles. The van der Waals surface area contributed by atoms with E-state index in [1.807, 2.05) is 20.8 Å². The van der Waals surface area contributed by atoms with Crippen LogP contribution in [0.15, 0.2) is 42.5 Å². The highest BCUT2D eigenvalue weighted by molar-refractivity contribution is 6.34. The largest absolute Gasteiger partial charge is 0.452 e. The Labute approximate surface area is 172 Å². The molecule has 1 aliphatic heterocycles. The Morgan fingerprint density at radius 1 is 1.03 bits per heavy atom. The molecule has 0 spiro atoms. The van der Waals surface area contributed by atoms with Crippen molar-refractivity contribution in [2.75, 3.05) is 11.5 Å². The summed E-state index contributed by atoms with van der Waals surface area (Å²) in [5.41, 5.74) is 0.00667. The Bertz CT molecular complexity index is 1030. The van der Waals surface area contributed by atoms with Crippen molar-refractivity contribution in [2.24, 2.45) is 0 Å². The monoisotopic (exact) mass is 412 g/mol. The van der Waals surface area contributed by atoms with Crippen molar-refractivity contribution in [3.05, 3.63) is 65.0 Å². The third-order valence-corrected chi connectivity index (χ3v) is 4.90. The summed E-state index contributed by atoms with van der Waals surface area (Å²) >= 11 is 0. The lowest BCUT2D eigenvalue weighted by atomic mass is 10.0. The molecule has 0 atom stereocenters. The summed E-state index contributed by atoms with van der Waals surface area (Å²) in [7, 11) is 0. The SMILES string of the molecule is CCC(C)(C)NC(=O)COC(=O)c1ccc2c(c1)C(=O)N(c1ccc(F)cc1)C2=O. The molecule has 0 unspecified atom stereocenters. The van der Waals surface area contributed by atoms with Crippen LogP contribution in [0.25, 0.3) is 0 Å². The van der Waals surface area contributed by atoms with Gasteiger partial charge in [-0.2, -0.15) is 0 Å². The number of nitrogens with one attached hydrogen (secondary N) is 1. The fraction of sp³-hybridized carbons (Fsp3) is 0.273. The highest BCUT2D eigenvalue weighted by Crippen LogP contribution is 2.29. The number of imide groups is 1. The molecule has 1 aliphatic rings. The van der Waals surface area contributed by atoms with E-state index in [-0.39, 0.29) is 22.4 Å². The van der Waals surface area contributed by atoms with Gasteiger partial charge in [0.2, 0.25) is 0 Å². The van der Waals surface area contributed by atoms with E-state index in [0.29, 0.717) is 6.42 Å². The van der Waals surface area contributed by atoms with Crippen LogP contribution in [-0.4, -0.2) is 35.8 Å². The molecule has 156 valence electrons. The van der Waals surface area contributed by atoms with E-state index >= 15 is 0 Å². The van der Waals surface area contributed by atoms with E-state index in [0.717, 1.165) is 17.0 Å². The van der Waals surface area contributed by atoms with Crippen LogP contribution in [-0.2, 0) is 9.53 Å². The summed E-state index contributed by atoms with van der Waals surface area (Å²) in [6.07, 6.45) is 0.707. The van der Waals surface area contributed by atoms with Gasteiger partial charge in [-0.05, 0) is 62.7 Å². The standard InChI is InChI=1S/C22H21FN2O5/c1-4-22(2,3)24-18(26)12-30-21(29)13-5-10-16-17(11-13)20(28)25(19(16)27)15-8-6-14(23)7-9-15/h5-11H,4,12H2,1-3H3,(H,24,26). The van der Waals surface area contributed by atoms with Crippen molar-refractivity contribution in [2.45, 2.75) is 32.7 Å². The second-order valence-corrected chi connectivity index (χ2v) is 7.54. The quantitative estimate of drug-likeness (QED) is 0.581. The highest BCUT2D eigenvalue weighted by Gasteiger charge is 2.37. The molecular weight excluding hydrogens is 391 g/mol. The number of nitrogens with zero attached hydrogens (tertiary/aromatic N) is 1. The van der Waals surface area contributed by atoms with E-state index in [2.05, 4.69) is 5.32 Å². The first-order valence-electron chi connectivity index (χ1n) is 9.39. The van der Waals surface area contributed by atoms with E-state index in [4.69, 9.17) is 4.74 Å². The maximum atomic E-state index is 13.1. The van der Waals surface area contributed by atoms with Gasteiger partial charge < -0.3 is 10.1 Å². The molecular formula is C22H21FN2O5. The summed E-state index contributed by atoms with van der Waals surface area (Å²) in [5.74, 6) is -2.92. The van der Waals surface area contributed by atoms with Gasteiger partial charge in [0.25, 0.3) is 17.7 Å². The van der Waals surface area contributed by atoms with E-state index in [1.54, 1.807) is 0 Å². The number of rotatable bonds is 6. The number of esters is 1. The second-order valence-electron chi connectivity index (χ2n) is 7.54. The average molecular weight is 412 g/mol. The summed E-state index contributed by atoms with van der Waals surface area (Å²) in [4.78, 5) is 50.5. The number of fused-ring (bicyclic) bond motifs is 1. The molecule has 2 aromatic carbocycles. The molecule has 0 bridgehead atoms. The number of hydrogen-bond donors (Lipinski definition) is 1. The minimum atomic E-state index is -0.789. The van der Waals surface area contributed by atoms with Crippen LogP contribution in [0.3, 0.4) is 0 Å². The van der Waals surface area contributed by atoms with Gasteiger partial charge in [-0.1, -0.05) is 6.92 Å². The van der Waals surface area contributed by atoms with Crippen LogP contribution in [0.4, 0.5) is 10.1 Å². The maximum Gasteiger partial charge on any atom is 0.338 e. The number of ether oxygens (including phenoxy) is 1. The first kappa shape index (κ1) is 21.2. The summed E-state index contributed by atoms with van der Waals surface area (Å²) in [6.45, 7) is 5.16. The van der Waals surface area contributed by atoms with Crippen LogP contribution in [0.5, 0.6) is 0 Å². The van der Waals surface area contributed by atoms with Gasteiger partial charge >= 0.3 is 5.97 Å². The molecule has 0 saturated heterocycles. The van der Waals surface area contributed by atoms with Gasteiger partial charge in [-0.3, -0.25) is 14.4 Å². The Hall–Kier alpha value is -3.55. The normalized spacial score (nSPS) is 13.3. The van der Waals surface area contributed by atoms with Crippen molar-refractivity contribution in [1.29, 1.82) is 0 Å².